The second-order valence-corrected chi connectivity index (χ2v) is 8.59. The summed E-state index contributed by atoms with van der Waals surface area (Å²) in [6.07, 6.45) is 0.688. The molecule has 0 saturated heterocycles. The van der Waals surface area contributed by atoms with Crippen LogP contribution in [0.2, 0.25) is 0 Å². The Labute approximate surface area is 173 Å². The molecule has 2 aromatic rings. The Hall–Kier alpha value is -3.22. The molecule has 1 aliphatic heterocycles. The standard InChI is InChI=1S/C23H22F2N2O3/c1-12(28)27-17-5-4-6-18(29)21(17)26-16-10-23(2,3)11-19(30)20(16)22(27)14-8-7-13(24)9-15(14)25/h4-9,22,26,29H,10-11H2,1-3H3. The van der Waals surface area contributed by atoms with Crippen LogP contribution in [-0.2, 0) is 9.59 Å². The van der Waals surface area contributed by atoms with Crippen LogP contribution in [0.1, 0.15) is 45.2 Å². The molecule has 2 aliphatic rings. The third-order valence-corrected chi connectivity index (χ3v) is 5.60. The molecule has 1 amide bonds. The van der Waals surface area contributed by atoms with Crippen LogP contribution in [0.3, 0.4) is 0 Å². The van der Waals surface area contributed by atoms with Gasteiger partial charge in [-0.2, -0.15) is 0 Å². The SMILES string of the molecule is CC(=O)N1c2cccc(O)c2NC2=C(C(=O)CC(C)(C)C2)C1c1ccc(F)cc1F. The molecule has 2 aromatic carbocycles. The number of halogens is 2. The van der Waals surface area contributed by atoms with Crippen molar-refractivity contribution in [2.45, 2.75) is 39.7 Å². The van der Waals surface area contributed by atoms with Gasteiger partial charge in [-0.25, -0.2) is 8.78 Å². The molecule has 1 heterocycles. The van der Waals surface area contributed by atoms with Gasteiger partial charge in [0, 0.05) is 36.2 Å². The normalized spacial score (nSPS) is 20.2. The number of nitrogens with one attached hydrogen (secondary N) is 1. The molecule has 5 nitrogen and oxygen atoms in total. The number of aromatic hydroxyl groups is 1. The Bertz CT molecular complexity index is 1110. The lowest BCUT2D eigenvalue weighted by atomic mass is 9.73. The Kier molecular flexibility index (Phi) is 4.64. The largest absolute Gasteiger partial charge is 0.506 e. The van der Waals surface area contributed by atoms with Crippen LogP contribution in [0.4, 0.5) is 20.2 Å². The molecule has 2 N–H and O–H groups in total. The summed E-state index contributed by atoms with van der Waals surface area (Å²) in [4.78, 5) is 27.3. The van der Waals surface area contributed by atoms with Crippen molar-refractivity contribution in [2.75, 3.05) is 10.2 Å². The molecule has 0 bridgehead atoms. The number of phenolic OH excluding ortho intramolecular Hbond substituents is 1. The van der Waals surface area contributed by atoms with Gasteiger partial charge in [-0.05, 0) is 30.0 Å². The molecule has 7 heteroatoms. The number of amides is 1. The number of rotatable bonds is 1. The molecule has 1 atom stereocenters. The van der Waals surface area contributed by atoms with Gasteiger partial charge in [0.1, 0.15) is 23.1 Å². The first-order valence-electron chi connectivity index (χ1n) is 9.69. The third-order valence-electron chi connectivity index (χ3n) is 5.60. The number of carbonyl (C=O) groups excluding carboxylic acids is 2. The van der Waals surface area contributed by atoms with Gasteiger partial charge in [-0.15, -0.1) is 0 Å². The summed E-state index contributed by atoms with van der Waals surface area (Å²) in [5.74, 6) is -2.36. The Balaban J connectivity index is 2.06. The highest BCUT2D eigenvalue weighted by molar-refractivity contribution is 6.06. The predicted molar refractivity (Wildman–Crippen MR) is 109 cm³/mol. The summed E-state index contributed by atoms with van der Waals surface area (Å²) in [6.45, 7) is 5.21. The van der Waals surface area contributed by atoms with Crippen LogP contribution in [0.25, 0.3) is 0 Å². The minimum atomic E-state index is -1.09. The first-order valence-corrected chi connectivity index (χ1v) is 9.69. The fourth-order valence-electron chi connectivity index (χ4n) is 4.41. The van der Waals surface area contributed by atoms with Gasteiger partial charge in [0.05, 0.1) is 11.7 Å². The number of ketones is 1. The van der Waals surface area contributed by atoms with Gasteiger partial charge < -0.3 is 10.4 Å². The summed E-state index contributed by atoms with van der Waals surface area (Å²) in [5, 5.41) is 13.6. The molecule has 0 fully saturated rings. The number of Topliss-reactive ketones (excluding diaryl/α,β-unsaturated/α-hetero) is 1. The number of benzene rings is 2. The monoisotopic (exact) mass is 412 g/mol. The van der Waals surface area contributed by atoms with Crippen LogP contribution in [-0.4, -0.2) is 16.8 Å². The van der Waals surface area contributed by atoms with Crippen molar-refractivity contribution < 1.29 is 23.5 Å². The minimum Gasteiger partial charge on any atom is -0.506 e. The molecule has 0 radical (unpaired) electrons. The van der Waals surface area contributed by atoms with Crippen molar-refractivity contribution in [3.05, 3.63) is 64.9 Å². The lowest BCUT2D eigenvalue weighted by molar-refractivity contribution is -0.118. The van der Waals surface area contributed by atoms with Gasteiger partial charge in [0.25, 0.3) is 0 Å². The quantitative estimate of drug-likeness (QED) is 0.658. The summed E-state index contributed by atoms with van der Waals surface area (Å²) >= 11 is 0. The average Bonchev–Trinajstić information content (AvgIpc) is 2.76. The van der Waals surface area contributed by atoms with Crippen molar-refractivity contribution in [2.24, 2.45) is 5.41 Å². The van der Waals surface area contributed by atoms with Crippen LogP contribution in [0.15, 0.2) is 47.7 Å². The molecular formula is C23H22F2N2O3. The van der Waals surface area contributed by atoms with Gasteiger partial charge in [-0.3, -0.25) is 14.5 Å². The van der Waals surface area contributed by atoms with Crippen LogP contribution in [0, 0.1) is 17.0 Å². The zero-order chi connectivity index (χ0) is 21.8. The Morgan fingerprint density at radius 2 is 1.93 bits per heavy atom. The number of anilines is 2. The summed E-state index contributed by atoms with van der Waals surface area (Å²) in [5.41, 5.74) is 1.03. The van der Waals surface area contributed by atoms with Crippen molar-refractivity contribution >= 4 is 23.1 Å². The Morgan fingerprint density at radius 1 is 1.20 bits per heavy atom. The fraction of sp³-hybridized carbons (Fsp3) is 0.304. The number of para-hydroxylation sites is 1. The molecule has 4 rings (SSSR count). The number of carbonyl (C=O) groups is 2. The molecule has 30 heavy (non-hydrogen) atoms. The minimum absolute atomic E-state index is 0.0187. The summed E-state index contributed by atoms with van der Waals surface area (Å²) in [6, 6.07) is 6.68. The lowest BCUT2D eigenvalue weighted by Crippen LogP contribution is -2.38. The number of hydrogen-bond acceptors (Lipinski definition) is 4. The molecule has 0 spiro atoms. The van der Waals surface area contributed by atoms with E-state index in [1.54, 1.807) is 12.1 Å². The zero-order valence-electron chi connectivity index (χ0n) is 16.9. The second-order valence-electron chi connectivity index (χ2n) is 8.59. The number of fused-ring (bicyclic) bond motifs is 1. The highest BCUT2D eigenvalue weighted by atomic mass is 19.1. The molecular weight excluding hydrogens is 390 g/mol. The predicted octanol–water partition coefficient (Wildman–Crippen LogP) is 4.83. The number of allylic oxidation sites excluding steroid dienone is 1. The molecule has 1 unspecified atom stereocenters. The van der Waals surface area contributed by atoms with Crippen LogP contribution < -0.4 is 10.2 Å². The molecule has 0 saturated carbocycles. The summed E-state index contributed by atoms with van der Waals surface area (Å²) < 4.78 is 28.5. The second kappa shape index (κ2) is 6.93. The maximum absolute atomic E-state index is 14.9. The van der Waals surface area contributed by atoms with Gasteiger partial charge >= 0.3 is 0 Å². The van der Waals surface area contributed by atoms with Gasteiger partial charge in [0.15, 0.2) is 5.78 Å². The molecule has 156 valence electrons. The van der Waals surface area contributed by atoms with Gasteiger partial charge in [-0.1, -0.05) is 26.0 Å². The highest BCUT2D eigenvalue weighted by Crippen LogP contribution is 2.50. The zero-order valence-corrected chi connectivity index (χ0v) is 16.9. The van der Waals surface area contributed by atoms with E-state index in [-0.39, 0.29) is 40.2 Å². The van der Waals surface area contributed by atoms with E-state index < -0.39 is 23.6 Å². The molecule has 0 aromatic heterocycles. The number of phenols is 1. The van der Waals surface area contributed by atoms with Crippen LogP contribution >= 0.6 is 0 Å². The first-order chi connectivity index (χ1) is 14.1. The smallest absolute Gasteiger partial charge is 0.224 e. The van der Waals surface area contributed by atoms with Crippen LogP contribution in [0.5, 0.6) is 5.75 Å². The van der Waals surface area contributed by atoms with Crippen molar-refractivity contribution in [3.8, 4) is 5.75 Å². The van der Waals surface area contributed by atoms with E-state index in [2.05, 4.69) is 5.32 Å². The van der Waals surface area contributed by atoms with Crippen molar-refractivity contribution in [3.63, 3.8) is 0 Å². The third kappa shape index (κ3) is 3.24. The highest BCUT2D eigenvalue weighted by Gasteiger charge is 2.43. The topological polar surface area (TPSA) is 69.6 Å². The average molecular weight is 412 g/mol. The maximum Gasteiger partial charge on any atom is 0.224 e. The summed E-state index contributed by atoms with van der Waals surface area (Å²) in [7, 11) is 0. The van der Waals surface area contributed by atoms with Gasteiger partial charge in [0.2, 0.25) is 5.91 Å². The van der Waals surface area contributed by atoms with E-state index in [4.69, 9.17) is 0 Å². The van der Waals surface area contributed by atoms with E-state index in [0.717, 1.165) is 12.1 Å². The van der Waals surface area contributed by atoms with E-state index in [1.807, 2.05) is 13.8 Å². The molecule has 1 aliphatic carbocycles. The van der Waals surface area contributed by atoms with Crippen molar-refractivity contribution in [1.82, 2.24) is 0 Å². The van der Waals surface area contributed by atoms with E-state index in [1.165, 1.54) is 24.0 Å². The van der Waals surface area contributed by atoms with E-state index in [0.29, 0.717) is 17.8 Å². The maximum atomic E-state index is 14.9. The first kappa shape index (κ1) is 20.1. The van der Waals surface area contributed by atoms with E-state index >= 15 is 0 Å². The number of nitrogens with zero attached hydrogens (tertiary/aromatic N) is 1. The van der Waals surface area contributed by atoms with E-state index in [9.17, 15) is 23.5 Å². The number of hydrogen-bond donors (Lipinski definition) is 2. The van der Waals surface area contributed by atoms with Crippen molar-refractivity contribution in [1.29, 1.82) is 0 Å². The lowest BCUT2D eigenvalue weighted by Gasteiger charge is -2.36. The fourth-order valence-corrected chi connectivity index (χ4v) is 4.41. The Morgan fingerprint density at radius 3 is 2.60 bits per heavy atom.